The maximum absolute atomic E-state index is 13.3. The highest BCUT2D eigenvalue weighted by atomic mass is 16.2. The molecule has 2 aliphatic heterocycles. The number of carbonyl (C=O) groups is 2. The van der Waals surface area contributed by atoms with Gasteiger partial charge in [0, 0.05) is 11.4 Å². The van der Waals surface area contributed by atoms with E-state index in [0.29, 0.717) is 17.6 Å². The summed E-state index contributed by atoms with van der Waals surface area (Å²) in [5.41, 5.74) is 3.54. The molecule has 5 rings (SSSR count). The Labute approximate surface area is 197 Å². The van der Waals surface area contributed by atoms with E-state index in [1.807, 2.05) is 79.7 Å². The largest absolute Gasteiger partial charge is 0.326 e. The van der Waals surface area contributed by atoms with E-state index in [1.165, 1.54) is 4.90 Å². The van der Waals surface area contributed by atoms with Crippen molar-refractivity contribution in [1.82, 2.24) is 10.2 Å². The van der Waals surface area contributed by atoms with Gasteiger partial charge in [0.15, 0.2) is 6.17 Å². The first kappa shape index (κ1) is 21.4. The van der Waals surface area contributed by atoms with Gasteiger partial charge in [0.25, 0.3) is 5.91 Å². The Kier molecular flexibility index (Phi) is 5.78. The molecule has 2 aliphatic rings. The van der Waals surface area contributed by atoms with Crippen LogP contribution in [0.25, 0.3) is 0 Å². The molecule has 2 atom stereocenters. The number of aliphatic imine (C=N–C) groups is 2. The third-order valence-electron chi connectivity index (χ3n) is 5.60. The lowest BCUT2D eigenvalue weighted by atomic mass is 10.1. The molecule has 0 saturated heterocycles. The number of anilines is 2. The first-order valence-electron chi connectivity index (χ1n) is 11.1. The molecule has 0 aromatic heterocycles. The number of rotatable bonds is 5. The maximum atomic E-state index is 13.3. The number of carbonyl (C=O) groups excluding carboxylic acids is 2. The van der Waals surface area contributed by atoms with E-state index < -0.39 is 12.2 Å². The second-order valence-corrected chi connectivity index (χ2v) is 8.17. The number of fused-ring (bicyclic) bond motifs is 1. The number of nitrogens with one attached hydrogen (secondary N) is 3. The zero-order valence-corrected chi connectivity index (χ0v) is 18.6. The van der Waals surface area contributed by atoms with Crippen molar-refractivity contribution in [3.8, 4) is 0 Å². The minimum absolute atomic E-state index is 0.0579. The van der Waals surface area contributed by atoms with Crippen molar-refractivity contribution in [3.05, 3.63) is 96.1 Å². The molecule has 0 spiro atoms. The van der Waals surface area contributed by atoms with Gasteiger partial charge in [-0.2, -0.15) is 0 Å². The molecule has 2 amide bonds. The first-order valence-corrected chi connectivity index (χ1v) is 11.1. The van der Waals surface area contributed by atoms with Crippen molar-refractivity contribution >= 4 is 35.1 Å². The van der Waals surface area contributed by atoms with Gasteiger partial charge in [-0.15, -0.1) is 0 Å². The molecule has 0 unspecified atom stereocenters. The third kappa shape index (κ3) is 4.52. The van der Waals surface area contributed by atoms with Crippen molar-refractivity contribution in [2.45, 2.75) is 25.6 Å². The molecule has 8 heteroatoms. The van der Waals surface area contributed by atoms with Gasteiger partial charge in [-0.3, -0.25) is 19.8 Å². The quantitative estimate of drug-likeness (QED) is 0.550. The number of benzene rings is 3. The van der Waals surface area contributed by atoms with Gasteiger partial charge in [-0.25, -0.2) is 9.98 Å². The van der Waals surface area contributed by atoms with E-state index in [-0.39, 0.29) is 18.2 Å². The molecule has 8 nitrogen and oxygen atoms in total. The number of amides is 2. The predicted molar refractivity (Wildman–Crippen MR) is 132 cm³/mol. The highest BCUT2D eigenvalue weighted by molar-refractivity contribution is 6.15. The third-order valence-corrected chi connectivity index (χ3v) is 5.60. The van der Waals surface area contributed by atoms with Crippen LogP contribution in [0.5, 0.6) is 0 Å². The number of para-hydroxylation sites is 1. The number of hydrogen-bond donors (Lipinski definition) is 3. The molecule has 0 fully saturated rings. The van der Waals surface area contributed by atoms with E-state index in [1.54, 1.807) is 12.1 Å². The molecule has 0 aliphatic carbocycles. The fourth-order valence-corrected chi connectivity index (χ4v) is 3.90. The second kappa shape index (κ2) is 9.19. The fraction of sp³-hybridized carbons (Fsp3) is 0.154. The smallest absolute Gasteiger partial charge is 0.256 e. The van der Waals surface area contributed by atoms with E-state index in [4.69, 9.17) is 4.99 Å². The lowest BCUT2D eigenvalue weighted by molar-refractivity contribution is -0.131. The maximum Gasteiger partial charge on any atom is 0.256 e. The SMILES string of the molecule is Cc1ccc(NC2=N[C@H](c3ccccc3)N3C(=O)[C@H](CC(=O)Nc4ccccc4)N=C3N2)cc1. The highest BCUT2D eigenvalue weighted by Crippen LogP contribution is 2.30. The van der Waals surface area contributed by atoms with Gasteiger partial charge >= 0.3 is 0 Å². The molecule has 34 heavy (non-hydrogen) atoms. The number of nitrogens with zero attached hydrogens (tertiary/aromatic N) is 3. The van der Waals surface area contributed by atoms with Crippen LogP contribution in [0, 0.1) is 6.92 Å². The molecule has 2 heterocycles. The highest BCUT2D eigenvalue weighted by Gasteiger charge is 2.43. The van der Waals surface area contributed by atoms with Crippen molar-refractivity contribution < 1.29 is 9.59 Å². The summed E-state index contributed by atoms with van der Waals surface area (Å²) < 4.78 is 0. The molecule has 0 bridgehead atoms. The fourth-order valence-electron chi connectivity index (χ4n) is 3.90. The van der Waals surface area contributed by atoms with Gasteiger partial charge in [0.2, 0.25) is 17.8 Å². The summed E-state index contributed by atoms with van der Waals surface area (Å²) in [7, 11) is 0. The van der Waals surface area contributed by atoms with Crippen LogP contribution in [-0.4, -0.2) is 34.7 Å². The molecule has 3 aromatic rings. The second-order valence-electron chi connectivity index (χ2n) is 8.17. The molecule has 170 valence electrons. The van der Waals surface area contributed by atoms with Crippen molar-refractivity contribution in [1.29, 1.82) is 0 Å². The van der Waals surface area contributed by atoms with Gasteiger partial charge < -0.3 is 10.6 Å². The summed E-state index contributed by atoms with van der Waals surface area (Å²) in [5, 5.41) is 9.21. The molecular weight excluding hydrogens is 428 g/mol. The van der Waals surface area contributed by atoms with E-state index in [0.717, 1.165) is 16.8 Å². The summed E-state index contributed by atoms with van der Waals surface area (Å²) >= 11 is 0. The van der Waals surface area contributed by atoms with E-state index in [2.05, 4.69) is 20.9 Å². The molecule has 3 N–H and O–H groups in total. The lowest BCUT2D eigenvalue weighted by Crippen LogP contribution is -2.52. The number of aryl methyl sites for hydroxylation is 1. The minimum Gasteiger partial charge on any atom is -0.326 e. The van der Waals surface area contributed by atoms with Crippen molar-refractivity contribution in [2.24, 2.45) is 9.98 Å². The monoisotopic (exact) mass is 452 g/mol. The summed E-state index contributed by atoms with van der Waals surface area (Å²) in [4.78, 5) is 36.7. The molecule has 3 aromatic carbocycles. The van der Waals surface area contributed by atoms with Crippen LogP contribution in [-0.2, 0) is 9.59 Å². The van der Waals surface area contributed by atoms with Gasteiger partial charge in [-0.05, 0) is 36.8 Å². The van der Waals surface area contributed by atoms with Crippen LogP contribution in [0.15, 0.2) is 94.9 Å². The van der Waals surface area contributed by atoms with Crippen LogP contribution in [0.2, 0.25) is 0 Å². The summed E-state index contributed by atoms with van der Waals surface area (Å²) in [6.07, 6.45) is -0.652. The first-order chi connectivity index (χ1) is 16.6. The van der Waals surface area contributed by atoms with Crippen LogP contribution in [0.1, 0.15) is 23.7 Å². The van der Waals surface area contributed by atoms with Crippen LogP contribution in [0.4, 0.5) is 11.4 Å². The molecular formula is C26H24N6O2. The zero-order valence-electron chi connectivity index (χ0n) is 18.6. The van der Waals surface area contributed by atoms with Crippen LogP contribution < -0.4 is 16.0 Å². The molecule has 0 saturated carbocycles. The van der Waals surface area contributed by atoms with Crippen molar-refractivity contribution in [2.75, 3.05) is 10.6 Å². The molecule has 0 radical (unpaired) electrons. The predicted octanol–water partition coefficient (Wildman–Crippen LogP) is 3.66. The standard InChI is InChI=1S/C26H24N6O2/c1-17-12-14-20(15-13-17)28-25-30-23(18-8-4-2-5-9-18)32-24(34)21(29-26(32)31-25)16-22(33)27-19-10-6-3-7-11-19/h2-15,21,23H,16H2,1H3,(H,27,33)(H2,28,29,30,31)/t21-,23-/m0/s1. The van der Waals surface area contributed by atoms with Gasteiger partial charge in [-0.1, -0.05) is 66.2 Å². The number of guanidine groups is 2. The summed E-state index contributed by atoms with van der Waals surface area (Å²) in [6, 6.07) is 25.8. The minimum atomic E-state index is -0.827. The van der Waals surface area contributed by atoms with Crippen LogP contribution in [0.3, 0.4) is 0 Å². The topological polar surface area (TPSA) is 98.2 Å². The Bertz CT molecular complexity index is 1260. The van der Waals surface area contributed by atoms with Crippen molar-refractivity contribution in [3.63, 3.8) is 0 Å². The van der Waals surface area contributed by atoms with Crippen LogP contribution >= 0.6 is 0 Å². The zero-order chi connectivity index (χ0) is 23.5. The van der Waals surface area contributed by atoms with Gasteiger partial charge in [0.1, 0.15) is 6.04 Å². The Hall–Kier alpha value is -4.46. The Morgan fingerprint density at radius 1 is 0.912 bits per heavy atom. The summed E-state index contributed by atoms with van der Waals surface area (Å²) in [5.74, 6) is 0.317. The Morgan fingerprint density at radius 2 is 1.59 bits per heavy atom. The summed E-state index contributed by atoms with van der Waals surface area (Å²) in [6.45, 7) is 2.02. The lowest BCUT2D eigenvalue weighted by Gasteiger charge is -2.32. The van der Waals surface area contributed by atoms with E-state index in [9.17, 15) is 9.59 Å². The Morgan fingerprint density at radius 3 is 2.29 bits per heavy atom. The number of hydrogen-bond acceptors (Lipinski definition) is 6. The average molecular weight is 453 g/mol. The Balaban J connectivity index is 1.39. The normalized spacial score (nSPS) is 19.0. The van der Waals surface area contributed by atoms with Gasteiger partial charge in [0.05, 0.1) is 6.42 Å². The average Bonchev–Trinajstić information content (AvgIpc) is 3.16. The van der Waals surface area contributed by atoms with E-state index >= 15 is 0 Å².